The van der Waals surface area contributed by atoms with Gasteiger partial charge in [0.1, 0.15) is 5.82 Å². The van der Waals surface area contributed by atoms with Gasteiger partial charge in [0.15, 0.2) is 0 Å². The van der Waals surface area contributed by atoms with Crippen molar-refractivity contribution in [2.45, 2.75) is 53.0 Å². The van der Waals surface area contributed by atoms with E-state index in [1.54, 1.807) is 6.07 Å². The maximum atomic E-state index is 13.7. The minimum atomic E-state index is -0.201. The van der Waals surface area contributed by atoms with E-state index >= 15 is 0 Å². The first kappa shape index (κ1) is 20.2. The molecule has 1 aliphatic heterocycles. The van der Waals surface area contributed by atoms with Crippen molar-refractivity contribution >= 4 is 6.21 Å². The average molecular weight is 359 g/mol. The van der Waals surface area contributed by atoms with Crippen molar-refractivity contribution in [2.24, 2.45) is 16.6 Å². The van der Waals surface area contributed by atoms with E-state index in [2.05, 4.69) is 43.5 Å². The molecule has 0 amide bonds. The molecule has 1 atom stereocenters. The van der Waals surface area contributed by atoms with Crippen LogP contribution >= 0.6 is 0 Å². The summed E-state index contributed by atoms with van der Waals surface area (Å²) < 4.78 is 13.7. The van der Waals surface area contributed by atoms with Crippen LogP contribution < -0.4 is 16.6 Å². The molecule has 0 aliphatic carbocycles. The van der Waals surface area contributed by atoms with Crippen LogP contribution in [0.5, 0.6) is 0 Å². The lowest BCUT2D eigenvalue weighted by Gasteiger charge is -2.21. The molecule has 2 rings (SSSR count). The van der Waals surface area contributed by atoms with E-state index in [4.69, 9.17) is 5.73 Å². The fourth-order valence-electron chi connectivity index (χ4n) is 3.01. The van der Waals surface area contributed by atoms with Crippen molar-refractivity contribution in [2.75, 3.05) is 6.54 Å². The first-order valence-electron chi connectivity index (χ1n) is 9.24. The fourth-order valence-corrected chi connectivity index (χ4v) is 3.01. The molecular weight excluding hydrogens is 327 g/mol. The molecule has 0 aromatic heterocycles. The second kappa shape index (κ2) is 8.99. The summed E-state index contributed by atoms with van der Waals surface area (Å²) in [6.45, 7) is 11.1. The van der Waals surface area contributed by atoms with Gasteiger partial charge in [0.25, 0.3) is 0 Å². The summed E-state index contributed by atoms with van der Waals surface area (Å²) in [6.07, 6.45) is 4.56. The molecular formula is C21H31FN4. The van der Waals surface area contributed by atoms with E-state index in [1.807, 2.05) is 25.4 Å². The fraction of sp³-hybridized carbons (Fsp3) is 0.476. The third-order valence-electron chi connectivity index (χ3n) is 4.46. The molecule has 1 aliphatic rings. The third kappa shape index (κ3) is 5.18. The van der Waals surface area contributed by atoms with Gasteiger partial charge in [0, 0.05) is 31.1 Å². The molecule has 1 heterocycles. The maximum absolute atomic E-state index is 13.7. The van der Waals surface area contributed by atoms with Crippen LogP contribution in [0.3, 0.4) is 0 Å². The largest absolute Gasteiger partial charge is 0.402 e. The molecule has 5 heteroatoms. The van der Waals surface area contributed by atoms with Crippen molar-refractivity contribution in [1.82, 2.24) is 10.9 Å². The van der Waals surface area contributed by atoms with Crippen molar-refractivity contribution in [3.8, 4) is 0 Å². The number of rotatable bonds is 7. The van der Waals surface area contributed by atoms with Gasteiger partial charge in [0.2, 0.25) is 0 Å². The van der Waals surface area contributed by atoms with Gasteiger partial charge in [-0.2, -0.15) is 0 Å². The van der Waals surface area contributed by atoms with Gasteiger partial charge in [-0.1, -0.05) is 33.8 Å². The Labute approximate surface area is 156 Å². The Hall–Kier alpha value is -2.14. The van der Waals surface area contributed by atoms with Crippen LogP contribution in [0.15, 0.2) is 46.2 Å². The third-order valence-corrected chi connectivity index (χ3v) is 4.46. The molecule has 0 radical (unpaired) electrons. The Morgan fingerprint density at radius 2 is 2.04 bits per heavy atom. The minimum absolute atomic E-state index is 0.0131. The normalized spacial score (nSPS) is 18.5. The molecule has 1 aromatic carbocycles. The van der Waals surface area contributed by atoms with Crippen LogP contribution in [0.4, 0.5) is 4.39 Å². The summed E-state index contributed by atoms with van der Waals surface area (Å²) in [4.78, 5) is 4.51. The number of hydrazine groups is 1. The molecule has 26 heavy (non-hydrogen) atoms. The molecule has 4 nitrogen and oxygen atoms in total. The van der Waals surface area contributed by atoms with Crippen LogP contribution in [0.1, 0.15) is 64.1 Å². The number of halogens is 1. The summed E-state index contributed by atoms with van der Waals surface area (Å²) >= 11 is 0. The monoisotopic (exact) mass is 358 g/mol. The predicted octanol–water partition coefficient (Wildman–Crippen LogP) is 4.33. The van der Waals surface area contributed by atoms with Crippen LogP contribution in [0.25, 0.3) is 0 Å². The SMILES string of the molecule is CC(N)=C(C=NCC(C)C)CC1=CNNC1c1ccc(F)cc1C(C)C. The lowest BCUT2D eigenvalue weighted by Crippen LogP contribution is -2.26. The van der Waals surface area contributed by atoms with Gasteiger partial charge in [-0.05, 0) is 53.2 Å². The number of nitrogens with two attached hydrogens (primary N) is 1. The topological polar surface area (TPSA) is 62.4 Å². The van der Waals surface area contributed by atoms with Crippen molar-refractivity contribution in [3.05, 3.63) is 58.2 Å². The number of nitrogens with one attached hydrogen (secondary N) is 2. The second-order valence-electron chi connectivity index (χ2n) is 7.64. The Bertz CT molecular complexity index is 713. The van der Waals surface area contributed by atoms with E-state index in [9.17, 15) is 4.39 Å². The summed E-state index contributed by atoms with van der Waals surface area (Å²) in [5.41, 5.74) is 17.5. The standard InChI is InChI=1S/C21H31FN4/c1-13(2)10-24-11-16(15(5)23)8-17-12-25-26-21(17)19-7-6-18(22)9-20(19)14(3)4/h6-7,9,11-14,21,25-26H,8,10,23H2,1-5H3. The van der Waals surface area contributed by atoms with E-state index < -0.39 is 0 Å². The molecule has 142 valence electrons. The predicted molar refractivity (Wildman–Crippen MR) is 107 cm³/mol. The quantitative estimate of drug-likeness (QED) is 0.636. The number of aliphatic imine (C=N–C) groups is 1. The van der Waals surface area contributed by atoms with E-state index in [-0.39, 0.29) is 17.8 Å². The molecule has 1 unspecified atom stereocenters. The van der Waals surface area contributed by atoms with E-state index in [0.717, 1.165) is 34.5 Å². The minimum Gasteiger partial charge on any atom is -0.402 e. The molecule has 1 aromatic rings. The molecule has 0 bridgehead atoms. The Kier molecular flexibility index (Phi) is 6.98. The van der Waals surface area contributed by atoms with Crippen LogP contribution in [0, 0.1) is 11.7 Å². The van der Waals surface area contributed by atoms with Crippen molar-refractivity contribution < 1.29 is 4.39 Å². The zero-order valence-electron chi connectivity index (χ0n) is 16.4. The molecule has 4 N–H and O–H groups in total. The highest BCUT2D eigenvalue weighted by Gasteiger charge is 2.25. The maximum Gasteiger partial charge on any atom is 0.123 e. The zero-order chi connectivity index (χ0) is 19.3. The van der Waals surface area contributed by atoms with Crippen LogP contribution in [-0.4, -0.2) is 12.8 Å². The number of hydrogen-bond donors (Lipinski definition) is 3. The smallest absolute Gasteiger partial charge is 0.123 e. The van der Waals surface area contributed by atoms with E-state index in [1.165, 1.54) is 6.07 Å². The van der Waals surface area contributed by atoms with Crippen LogP contribution in [-0.2, 0) is 0 Å². The number of allylic oxidation sites excluding steroid dienone is 2. The van der Waals surface area contributed by atoms with Crippen molar-refractivity contribution in [1.29, 1.82) is 0 Å². The highest BCUT2D eigenvalue weighted by molar-refractivity contribution is 5.80. The molecule has 0 spiro atoms. The van der Waals surface area contributed by atoms with Gasteiger partial charge in [-0.15, -0.1) is 0 Å². The first-order valence-corrected chi connectivity index (χ1v) is 9.24. The lowest BCUT2D eigenvalue weighted by atomic mass is 9.88. The summed E-state index contributed by atoms with van der Waals surface area (Å²) in [5, 5.41) is 0. The number of hydrogen-bond acceptors (Lipinski definition) is 4. The molecule has 0 fully saturated rings. The zero-order valence-corrected chi connectivity index (χ0v) is 16.4. The van der Waals surface area contributed by atoms with E-state index in [0.29, 0.717) is 12.3 Å². The Balaban J connectivity index is 2.25. The van der Waals surface area contributed by atoms with Gasteiger partial charge >= 0.3 is 0 Å². The van der Waals surface area contributed by atoms with Gasteiger partial charge < -0.3 is 11.2 Å². The second-order valence-corrected chi connectivity index (χ2v) is 7.64. The number of benzene rings is 1. The van der Waals surface area contributed by atoms with Crippen LogP contribution in [0.2, 0.25) is 0 Å². The lowest BCUT2D eigenvalue weighted by molar-refractivity contribution is 0.577. The Morgan fingerprint density at radius 3 is 2.65 bits per heavy atom. The van der Waals surface area contributed by atoms with Gasteiger partial charge in [0.05, 0.1) is 6.04 Å². The molecule has 0 saturated heterocycles. The average Bonchev–Trinajstić information content (AvgIpc) is 3.01. The van der Waals surface area contributed by atoms with Gasteiger partial charge in [-0.3, -0.25) is 4.99 Å². The summed E-state index contributed by atoms with van der Waals surface area (Å²) in [7, 11) is 0. The summed E-state index contributed by atoms with van der Waals surface area (Å²) in [6, 6.07) is 5.01. The first-order chi connectivity index (χ1) is 12.3. The highest BCUT2D eigenvalue weighted by Crippen LogP contribution is 2.34. The summed E-state index contributed by atoms with van der Waals surface area (Å²) in [5.74, 6) is 0.552. The van der Waals surface area contributed by atoms with Crippen molar-refractivity contribution in [3.63, 3.8) is 0 Å². The Morgan fingerprint density at radius 1 is 1.31 bits per heavy atom. The number of nitrogens with zero attached hydrogens (tertiary/aromatic N) is 1. The molecule has 0 saturated carbocycles. The highest BCUT2D eigenvalue weighted by atomic mass is 19.1. The van der Waals surface area contributed by atoms with Gasteiger partial charge in [-0.25, -0.2) is 9.82 Å².